The van der Waals surface area contributed by atoms with Gasteiger partial charge in [-0.3, -0.25) is 4.79 Å². The third kappa shape index (κ3) is 1.91. The summed E-state index contributed by atoms with van der Waals surface area (Å²) in [4.78, 5) is 11.0. The Morgan fingerprint density at radius 2 is 2.55 bits per heavy atom. The Labute approximate surface area is 65.5 Å². The molecule has 2 atom stereocenters. The van der Waals surface area contributed by atoms with E-state index in [1.54, 1.807) is 7.11 Å². The lowest BCUT2D eigenvalue weighted by Gasteiger charge is -2.03. The van der Waals surface area contributed by atoms with Crippen LogP contribution in [-0.4, -0.2) is 37.4 Å². The topological polar surface area (TPSA) is 58.6 Å². The predicted octanol–water partition coefficient (Wildman–Crippen LogP) is -0.870. The molecule has 4 nitrogen and oxygen atoms in total. The van der Waals surface area contributed by atoms with Gasteiger partial charge in [0.2, 0.25) is 5.91 Å². The molecule has 1 rings (SSSR count). The van der Waals surface area contributed by atoms with Gasteiger partial charge in [0.15, 0.2) is 0 Å². The Morgan fingerprint density at radius 3 is 3.00 bits per heavy atom. The van der Waals surface area contributed by atoms with Gasteiger partial charge in [-0.15, -0.1) is 0 Å². The van der Waals surface area contributed by atoms with Crippen molar-refractivity contribution in [1.82, 2.24) is 5.32 Å². The third-order valence-electron chi connectivity index (χ3n) is 1.87. The van der Waals surface area contributed by atoms with E-state index in [0.29, 0.717) is 13.0 Å². The molecule has 1 heterocycles. The van der Waals surface area contributed by atoms with E-state index in [-0.39, 0.29) is 24.5 Å². The number of hydrogen-bond acceptors (Lipinski definition) is 3. The Balaban J connectivity index is 2.38. The predicted molar refractivity (Wildman–Crippen MR) is 39.0 cm³/mol. The second kappa shape index (κ2) is 3.69. The minimum Gasteiger partial charge on any atom is -0.394 e. The number of amides is 1. The van der Waals surface area contributed by atoms with Crippen molar-refractivity contribution in [2.75, 3.05) is 20.3 Å². The summed E-state index contributed by atoms with van der Waals surface area (Å²) < 4.78 is 4.85. The molecule has 1 aliphatic rings. The van der Waals surface area contributed by atoms with Gasteiger partial charge in [-0.2, -0.15) is 0 Å². The first-order valence-corrected chi connectivity index (χ1v) is 3.68. The standard InChI is InChI=1S/C7H13NO3/c1-11-4-5-2-6(3-9)8-7(5)10/h5-6,9H,2-4H2,1H3,(H,8,10). The van der Waals surface area contributed by atoms with Crippen molar-refractivity contribution in [3.05, 3.63) is 0 Å². The van der Waals surface area contributed by atoms with Crippen LogP contribution in [0.25, 0.3) is 0 Å². The fraction of sp³-hybridized carbons (Fsp3) is 0.857. The zero-order chi connectivity index (χ0) is 8.27. The molecule has 4 heteroatoms. The number of rotatable bonds is 3. The molecule has 2 N–H and O–H groups in total. The van der Waals surface area contributed by atoms with Crippen LogP contribution in [0.5, 0.6) is 0 Å². The number of carbonyl (C=O) groups is 1. The molecule has 1 saturated heterocycles. The van der Waals surface area contributed by atoms with E-state index in [4.69, 9.17) is 9.84 Å². The smallest absolute Gasteiger partial charge is 0.225 e. The molecule has 64 valence electrons. The molecule has 2 unspecified atom stereocenters. The molecule has 0 aliphatic carbocycles. The summed E-state index contributed by atoms with van der Waals surface area (Å²) in [6.07, 6.45) is 0.684. The minimum absolute atomic E-state index is 0.00843. The molecule has 0 radical (unpaired) electrons. The number of ether oxygens (including phenoxy) is 1. The average molecular weight is 159 g/mol. The molecule has 0 aromatic carbocycles. The largest absolute Gasteiger partial charge is 0.394 e. The maximum absolute atomic E-state index is 11.0. The Morgan fingerprint density at radius 1 is 1.82 bits per heavy atom. The number of nitrogens with one attached hydrogen (secondary N) is 1. The minimum atomic E-state index is -0.0721. The lowest BCUT2D eigenvalue weighted by atomic mass is 10.1. The first kappa shape index (κ1) is 8.49. The molecule has 1 amide bonds. The van der Waals surface area contributed by atoms with Gasteiger partial charge in [-0.1, -0.05) is 0 Å². The molecular weight excluding hydrogens is 146 g/mol. The summed E-state index contributed by atoms with van der Waals surface area (Å²) in [6, 6.07) is -0.0670. The number of aliphatic hydroxyl groups is 1. The Bertz CT molecular complexity index is 149. The first-order valence-electron chi connectivity index (χ1n) is 3.68. The Kier molecular flexibility index (Phi) is 2.84. The van der Waals surface area contributed by atoms with Crippen LogP contribution in [0.3, 0.4) is 0 Å². The van der Waals surface area contributed by atoms with Crippen LogP contribution in [0.4, 0.5) is 0 Å². The summed E-state index contributed by atoms with van der Waals surface area (Å²) in [7, 11) is 1.57. The Hall–Kier alpha value is -0.610. The quantitative estimate of drug-likeness (QED) is 0.562. The van der Waals surface area contributed by atoms with E-state index in [1.165, 1.54) is 0 Å². The molecule has 0 spiro atoms. The summed E-state index contributed by atoms with van der Waals surface area (Å²) in [5.74, 6) is -0.0805. The summed E-state index contributed by atoms with van der Waals surface area (Å²) in [6.45, 7) is 0.467. The van der Waals surface area contributed by atoms with Crippen LogP contribution in [0, 0.1) is 5.92 Å². The zero-order valence-electron chi connectivity index (χ0n) is 6.54. The van der Waals surface area contributed by atoms with Crippen molar-refractivity contribution in [2.45, 2.75) is 12.5 Å². The van der Waals surface area contributed by atoms with Crippen LogP contribution in [-0.2, 0) is 9.53 Å². The van der Waals surface area contributed by atoms with Gasteiger partial charge in [-0.05, 0) is 6.42 Å². The molecule has 1 fully saturated rings. The van der Waals surface area contributed by atoms with Crippen molar-refractivity contribution in [1.29, 1.82) is 0 Å². The lowest BCUT2D eigenvalue weighted by molar-refractivity contribution is -0.123. The van der Waals surface area contributed by atoms with Crippen LogP contribution in [0.1, 0.15) is 6.42 Å². The highest BCUT2D eigenvalue weighted by Crippen LogP contribution is 2.14. The maximum Gasteiger partial charge on any atom is 0.225 e. The molecule has 11 heavy (non-hydrogen) atoms. The highest BCUT2D eigenvalue weighted by atomic mass is 16.5. The zero-order valence-corrected chi connectivity index (χ0v) is 6.54. The molecule has 0 bridgehead atoms. The van der Waals surface area contributed by atoms with Crippen molar-refractivity contribution in [2.24, 2.45) is 5.92 Å². The van der Waals surface area contributed by atoms with Gasteiger partial charge < -0.3 is 15.2 Å². The van der Waals surface area contributed by atoms with Crippen molar-refractivity contribution >= 4 is 5.91 Å². The van der Waals surface area contributed by atoms with Gasteiger partial charge in [0, 0.05) is 7.11 Å². The monoisotopic (exact) mass is 159 g/mol. The van der Waals surface area contributed by atoms with Gasteiger partial charge in [-0.25, -0.2) is 0 Å². The fourth-order valence-corrected chi connectivity index (χ4v) is 1.29. The van der Waals surface area contributed by atoms with Crippen molar-refractivity contribution in [3.63, 3.8) is 0 Å². The first-order chi connectivity index (χ1) is 5.27. The maximum atomic E-state index is 11.0. The van der Waals surface area contributed by atoms with Crippen molar-refractivity contribution in [3.8, 4) is 0 Å². The van der Waals surface area contributed by atoms with Gasteiger partial charge in [0.25, 0.3) is 0 Å². The van der Waals surface area contributed by atoms with Crippen molar-refractivity contribution < 1.29 is 14.6 Å². The van der Waals surface area contributed by atoms with Crippen LogP contribution in [0.2, 0.25) is 0 Å². The molecule has 0 saturated carbocycles. The number of aliphatic hydroxyl groups excluding tert-OH is 1. The number of methoxy groups -OCH3 is 1. The second-order valence-corrected chi connectivity index (χ2v) is 2.78. The van der Waals surface area contributed by atoms with E-state index in [9.17, 15) is 4.79 Å². The van der Waals surface area contributed by atoms with Crippen LogP contribution < -0.4 is 5.32 Å². The van der Waals surface area contributed by atoms with Gasteiger partial charge in [0.05, 0.1) is 25.2 Å². The molecule has 1 aliphatic heterocycles. The van der Waals surface area contributed by atoms with Gasteiger partial charge >= 0.3 is 0 Å². The second-order valence-electron chi connectivity index (χ2n) is 2.78. The fourth-order valence-electron chi connectivity index (χ4n) is 1.29. The molecule has 0 aromatic rings. The molecular formula is C7H13NO3. The summed E-state index contributed by atoms with van der Waals surface area (Å²) in [5.41, 5.74) is 0. The van der Waals surface area contributed by atoms with E-state index in [1.807, 2.05) is 0 Å². The van der Waals surface area contributed by atoms with E-state index in [0.717, 1.165) is 0 Å². The SMILES string of the molecule is COCC1CC(CO)NC1=O. The number of hydrogen-bond donors (Lipinski definition) is 2. The lowest BCUT2D eigenvalue weighted by Crippen LogP contribution is -2.29. The normalized spacial score (nSPS) is 30.5. The number of carbonyl (C=O) groups excluding carboxylic acids is 1. The van der Waals surface area contributed by atoms with Crippen LogP contribution >= 0.6 is 0 Å². The summed E-state index contributed by atoms with van der Waals surface area (Å²) >= 11 is 0. The van der Waals surface area contributed by atoms with Crippen LogP contribution in [0.15, 0.2) is 0 Å². The van der Waals surface area contributed by atoms with Gasteiger partial charge in [0.1, 0.15) is 0 Å². The third-order valence-corrected chi connectivity index (χ3v) is 1.87. The van der Waals surface area contributed by atoms with E-state index >= 15 is 0 Å². The van der Waals surface area contributed by atoms with E-state index < -0.39 is 0 Å². The van der Waals surface area contributed by atoms with E-state index in [2.05, 4.69) is 5.32 Å². The molecule has 0 aromatic heterocycles. The summed E-state index contributed by atoms with van der Waals surface area (Å²) in [5, 5.41) is 11.4. The average Bonchev–Trinajstić information content (AvgIpc) is 2.33. The highest BCUT2D eigenvalue weighted by Gasteiger charge is 2.30. The highest BCUT2D eigenvalue weighted by molar-refractivity contribution is 5.81.